The molecule has 1 aromatic carbocycles. The summed E-state index contributed by atoms with van der Waals surface area (Å²) in [6.45, 7) is 2.99. The van der Waals surface area contributed by atoms with E-state index in [4.69, 9.17) is 0 Å². The molecule has 0 saturated carbocycles. The summed E-state index contributed by atoms with van der Waals surface area (Å²) in [7, 11) is 0. The largest absolute Gasteiger partial charge is 0.335 e. The van der Waals surface area contributed by atoms with E-state index in [-0.39, 0.29) is 17.8 Å². The SMILES string of the molecule is CC1CC(c2cccc(F)c2)N(C(=O)CC2CC3CCC(C2)N3)C1. The van der Waals surface area contributed by atoms with Crippen LogP contribution < -0.4 is 5.32 Å². The van der Waals surface area contributed by atoms with Crippen LogP contribution in [0.5, 0.6) is 0 Å². The third kappa shape index (κ3) is 3.21. The zero-order chi connectivity index (χ0) is 16.7. The second-order valence-corrected chi connectivity index (χ2v) is 8.14. The molecule has 0 radical (unpaired) electrons. The number of benzene rings is 1. The highest BCUT2D eigenvalue weighted by atomic mass is 19.1. The Balaban J connectivity index is 1.46. The molecule has 0 spiro atoms. The number of amides is 1. The number of nitrogens with zero attached hydrogens (tertiary/aromatic N) is 1. The molecule has 2 bridgehead atoms. The van der Waals surface area contributed by atoms with E-state index in [9.17, 15) is 9.18 Å². The number of fused-ring (bicyclic) bond motifs is 2. The maximum Gasteiger partial charge on any atom is 0.223 e. The lowest BCUT2D eigenvalue weighted by atomic mass is 9.89. The Kier molecular flexibility index (Phi) is 4.33. The molecular weight excluding hydrogens is 303 g/mol. The van der Waals surface area contributed by atoms with Gasteiger partial charge >= 0.3 is 0 Å². The summed E-state index contributed by atoms with van der Waals surface area (Å²) < 4.78 is 13.6. The molecular formula is C20H27FN2O. The highest BCUT2D eigenvalue weighted by Gasteiger charge is 2.38. The summed E-state index contributed by atoms with van der Waals surface area (Å²) in [5.74, 6) is 1.04. The van der Waals surface area contributed by atoms with Crippen molar-refractivity contribution in [3.8, 4) is 0 Å². The Morgan fingerprint density at radius 1 is 1.25 bits per heavy atom. The Morgan fingerprint density at radius 3 is 2.71 bits per heavy atom. The van der Waals surface area contributed by atoms with Crippen LogP contribution in [0.3, 0.4) is 0 Å². The number of hydrogen-bond donors (Lipinski definition) is 1. The molecule has 3 heterocycles. The van der Waals surface area contributed by atoms with Crippen LogP contribution in [-0.2, 0) is 4.79 Å². The summed E-state index contributed by atoms with van der Waals surface area (Å²) >= 11 is 0. The minimum absolute atomic E-state index is 0.0432. The van der Waals surface area contributed by atoms with Gasteiger partial charge in [0.15, 0.2) is 0 Å². The quantitative estimate of drug-likeness (QED) is 0.917. The maximum atomic E-state index is 13.6. The summed E-state index contributed by atoms with van der Waals surface area (Å²) in [6, 6.07) is 8.06. The first-order valence-electron chi connectivity index (χ1n) is 9.39. The molecule has 3 fully saturated rings. The summed E-state index contributed by atoms with van der Waals surface area (Å²) in [5.41, 5.74) is 0.943. The van der Waals surface area contributed by atoms with Gasteiger partial charge in [0, 0.05) is 25.0 Å². The van der Waals surface area contributed by atoms with Gasteiger partial charge in [0.1, 0.15) is 5.82 Å². The second-order valence-electron chi connectivity index (χ2n) is 8.14. The minimum atomic E-state index is -0.214. The third-order valence-electron chi connectivity index (χ3n) is 6.10. The number of halogens is 1. The van der Waals surface area contributed by atoms with Crippen LogP contribution in [0.1, 0.15) is 57.1 Å². The Hall–Kier alpha value is -1.42. The van der Waals surface area contributed by atoms with Gasteiger partial charge in [-0.2, -0.15) is 0 Å². The van der Waals surface area contributed by atoms with E-state index in [0.29, 0.717) is 30.3 Å². The molecule has 24 heavy (non-hydrogen) atoms. The van der Waals surface area contributed by atoms with Crippen molar-refractivity contribution in [3.05, 3.63) is 35.6 Å². The number of carbonyl (C=O) groups is 1. The predicted molar refractivity (Wildman–Crippen MR) is 91.9 cm³/mol. The first kappa shape index (κ1) is 16.1. The van der Waals surface area contributed by atoms with Crippen LogP contribution in [0.4, 0.5) is 4.39 Å². The number of rotatable bonds is 3. The van der Waals surface area contributed by atoms with E-state index in [1.54, 1.807) is 12.1 Å². The molecule has 4 heteroatoms. The average Bonchev–Trinajstić information content (AvgIpc) is 3.10. The summed E-state index contributed by atoms with van der Waals surface area (Å²) in [6.07, 6.45) is 6.40. The fourth-order valence-corrected chi connectivity index (χ4v) is 5.06. The lowest BCUT2D eigenvalue weighted by molar-refractivity contribution is -0.133. The van der Waals surface area contributed by atoms with E-state index in [2.05, 4.69) is 12.2 Å². The second kappa shape index (κ2) is 6.47. The zero-order valence-corrected chi connectivity index (χ0v) is 14.4. The molecule has 3 aliphatic rings. The first-order chi connectivity index (χ1) is 11.6. The standard InChI is InChI=1S/C20H27FN2O/c1-13-7-19(15-3-2-4-16(21)11-15)23(12-13)20(24)10-14-8-17-5-6-18(9-14)22-17/h2-4,11,13-14,17-19,22H,5-10,12H2,1H3. The molecule has 4 unspecified atom stereocenters. The van der Waals surface area contributed by atoms with E-state index in [1.165, 1.54) is 18.9 Å². The van der Waals surface area contributed by atoms with Gasteiger partial charge in [0.2, 0.25) is 5.91 Å². The highest BCUT2D eigenvalue weighted by molar-refractivity contribution is 5.77. The fourth-order valence-electron chi connectivity index (χ4n) is 5.06. The number of hydrogen-bond acceptors (Lipinski definition) is 2. The number of likely N-dealkylation sites (tertiary alicyclic amines) is 1. The van der Waals surface area contributed by atoms with Crippen molar-refractivity contribution < 1.29 is 9.18 Å². The van der Waals surface area contributed by atoms with Gasteiger partial charge in [-0.1, -0.05) is 19.1 Å². The van der Waals surface area contributed by atoms with Gasteiger partial charge in [0.25, 0.3) is 0 Å². The molecule has 3 nitrogen and oxygen atoms in total. The molecule has 3 saturated heterocycles. The molecule has 4 rings (SSSR count). The average molecular weight is 330 g/mol. The van der Waals surface area contributed by atoms with Crippen molar-refractivity contribution in [1.29, 1.82) is 0 Å². The van der Waals surface area contributed by atoms with Gasteiger partial charge in [-0.15, -0.1) is 0 Å². The maximum absolute atomic E-state index is 13.6. The molecule has 3 aliphatic heterocycles. The van der Waals surface area contributed by atoms with Crippen LogP contribution in [0, 0.1) is 17.7 Å². The molecule has 4 atom stereocenters. The van der Waals surface area contributed by atoms with Crippen LogP contribution in [0.15, 0.2) is 24.3 Å². The molecule has 1 aromatic rings. The van der Waals surface area contributed by atoms with E-state index >= 15 is 0 Å². The lowest BCUT2D eigenvalue weighted by Crippen LogP contribution is -2.40. The zero-order valence-electron chi connectivity index (χ0n) is 14.4. The molecule has 0 aliphatic carbocycles. The number of carbonyl (C=O) groups excluding carboxylic acids is 1. The molecule has 1 amide bonds. The monoisotopic (exact) mass is 330 g/mol. The van der Waals surface area contributed by atoms with Crippen molar-refractivity contribution in [2.75, 3.05) is 6.54 Å². The Labute approximate surface area is 143 Å². The third-order valence-corrected chi connectivity index (χ3v) is 6.10. The van der Waals surface area contributed by atoms with E-state index in [1.807, 2.05) is 11.0 Å². The fraction of sp³-hybridized carbons (Fsp3) is 0.650. The van der Waals surface area contributed by atoms with Crippen molar-refractivity contribution in [2.45, 2.75) is 63.6 Å². The lowest BCUT2D eigenvalue weighted by Gasteiger charge is -2.31. The Morgan fingerprint density at radius 2 is 2.00 bits per heavy atom. The van der Waals surface area contributed by atoms with Crippen molar-refractivity contribution in [2.24, 2.45) is 11.8 Å². The van der Waals surface area contributed by atoms with Crippen molar-refractivity contribution >= 4 is 5.91 Å². The smallest absolute Gasteiger partial charge is 0.223 e. The van der Waals surface area contributed by atoms with Crippen LogP contribution >= 0.6 is 0 Å². The molecule has 0 aromatic heterocycles. The minimum Gasteiger partial charge on any atom is -0.335 e. The highest BCUT2D eigenvalue weighted by Crippen LogP contribution is 2.38. The number of nitrogens with one attached hydrogen (secondary N) is 1. The Bertz CT molecular complexity index is 607. The van der Waals surface area contributed by atoms with E-state index in [0.717, 1.165) is 31.4 Å². The topological polar surface area (TPSA) is 32.3 Å². The predicted octanol–water partition coefficient (Wildman–Crippen LogP) is 3.66. The van der Waals surface area contributed by atoms with E-state index < -0.39 is 0 Å². The van der Waals surface area contributed by atoms with Crippen LogP contribution in [-0.4, -0.2) is 29.4 Å². The van der Waals surface area contributed by atoms with Crippen molar-refractivity contribution in [1.82, 2.24) is 10.2 Å². The van der Waals surface area contributed by atoms with Crippen LogP contribution in [0.2, 0.25) is 0 Å². The molecule has 1 N–H and O–H groups in total. The van der Waals surface area contributed by atoms with Gasteiger partial charge in [-0.25, -0.2) is 4.39 Å². The van der Waals surface area contributed by atoms with Gasteiger partial charge < -0.3 is 10.2 Å². The van der Waals surface area contributed by atoms with Gasteiger partial charge in [-0.3, -0.25) is 4.79 Å². The van der Waals surface area contributed by atoms with Gasteiger partial charge in [0.05, 0.1) is 6.04 Å². The number of piperidine rings is 1. The summed E-state index contributed by atoms with van der Waals surface area (Å²) in [5, 5.41) is 3.64. The van der Waals surface area contributed by atoms with Gasteiger partial charge in [-0.05, 0) is 61.6 Å². The normalized spacial score (nSPS) is 35.4. The van der Waals surface area contributed by atoms with Crippen LogP contribution in [0.25, 0.3) is 0 Å². The summed E-state index contributed by atoms with van der Waals surface area (Å²) in [4.78, 5) is 15.0. The first-order valence-corrected chi connectivity index (χ1v) is 9.39. The van der Waals surface area contributed by atoms with Crippen molar-refractivity contribution in [3.63, 3.8) is 0 Å². The molecule has 130 valence electrons.